The molecular formula is C13H15FN2OS. The fourth-order valence-electron chi connectivity index (χ4n) is 1.25. The molecule has 0 unspecified atom stereocenters. The Morgan fingerprint density at radius 2 is 2.33 bits per heavy atom. The van der Waals surface area contributed by atoms with E-state index in [1.54, 1.807) is 23.9 Å². The average Bonchev–Trinajstić information content (AvgIpc) is 2.33. The van der Waals surface area contributed by atoms with Crippen molar-refractivity contribution in [2.24, 2.45) is 0 Å². The summed E-state index contributed by atoms with van der Waals surface area (Å²) in [4.78, 5) is 11.5. The van der Waals surface area contributed by atoms with Gasteiger partial charge in [-0.15, -0.1) is 18.2 Å². The first-order chi connectivity index (χ1) is 8.72. The number of terminal acetylenes is 1. The molecule has 1 rings (SSSR count). The molecule has 2 N–H and O–H groups in total. The molecular weight excluding hydrogens is 251 g/mol. The smallest absolute Gasteiger partial charge is 0.238 e. The van der Waals surface area contributed by atoms with Gasteiger partial charge in [-0.3, -0.25) is 4.79 Å². The molecule has 0 heterocycles. The Morgan fingerprint density at radius 1 is 1.50 bits per heavy atom. The van der Waals surface area contributed by atoms with Gasteiger partial charge in [0.05, 0.1) is 12.3 Å². The number of carbonyl (C=O) groups excluding carboxylic acids is 1. The second-order valence-electron chi connectivity index (χ2n) is 3.49. The van der Waals surface area contributed by atoms with Crippen LogP contribution >= 0.6 is 11.8 Å². The van der Waals surface area contributed by atoms with Crippen molar-refractivity contribution in [3.8, 4) is 12.3 Å². The zero-order valence-corrected chi connectivity index (χ0v) is 10.7. The summed E-state index contributed by atoms with van der Waals surface area (Å²) in [5.74, 6) is 3.50. The minimum absolute atomic E-state index is 0.192. The highest BCUT2D eigenvalue weighted by molar-refractivity contribution is 7.99. The molecule has 0 saturated carbocycles. The third kappa shape index (κ3) is 6.28. The lowest BCUT2D eigenvalue weighted by molar-refractivity contribution is -0.115. The molecule has 0 spiro atoms. The van der Waals surface area contributed by atoms with Crippen LogP contribution < -0.4 is 10.6 Å². The number of anilines is 1. The van der Waals surface area contributed by atoms with Crippen molar-refractivity contribution in [2.75, 3.05) is 29.9 Å². The highest BCUT2D eigenvalue weighted by atomic mass is 32.2. The number of carbonyl (C=O) groups is 1. The molecule has 0 fully saturated rings. The van der Waals surface area contributed by atoms with Crippen LogP contribution in [0.5, 0.6) is 0 Å². The summed E-state index contributed by atoms with van der Waals surface area (Å²) in [6.07, 6.45) is 5.10. The van der Waals surface area contributed by atoms with Gasteiger partial charge in [0.15, 0.2) is 0 Å². The highest BCUT2D eigenvalue weighted by Gasteiger charge is 2.02. The van der Waals surface area contributed by atoms with Crippen molar-refractivity contribution < 1.29 is 9.18 Å². The molecule has 1 aromatic carbocycles. The minimum Gasteiger partial charge on any atom is -0.325 e. The van der Waals surface area contributed by atoms with Crippen molar-refractivity contribution in [2.45, 2.75) is 0 Å². The second-order valence-corrected chi connectivity index (χ2v) is 4.60. The van der Waals surface area contributed by atoms with E-state index in [9.17, 15) is 9.18 Å². The number of amides is 1. The number of hydrogen-bond donors (Lipinski definition) is 2. The van der Waals surface area contributed by atoms with E-state index in [2.05, 4.69) is 16.6 Å². The van der Waals surface area contributed by atoms with Crippen LogP contribution in [0, 0.1) is 18.2 Å². The molecule has 0 aliphatic heterocycles. The predicted molar refractivity (Wildman–Crippen MR) is 74.1 cm³/mol. The summed E-state index contributed by atoms with van der Waals surface area (Å²) in [6.45, 7) is 0.913. The van der Waals surface area contributed by atoms with Crippen molar-refractivity contribution in [3.63, 3.8) is 0 Å². The van der Waals surface area contributed by atoms with Crippen LogP contribution in [0.1, 0.15) is 0 Å². The Bertz CT molecular complexity index is 431. The molecule has 0 aromatic heterocycles. The monoisotopic (exact) mass is 266 g/mol. The largest absolute Gasteiger partial charge is 0.325 e. The zero-order chi connectivity index (χ0) is 13.2. The molecule has 1 aromatic rings. The summed E-state index contributed by atoms with van der Waals surface area (Å²) in [5, 5.41) is 5.59. The quantitative estimate of drug-likeness (QED) is 0.583. The molecule has 18 heavy (non-hydrogen) atoms. The topological polar surface area (TPSA) is 41.1 Å². The molecule has 5 heteroatoms. The maximum Gasteiger partial charge on any atom is 0.238 e. The van der Waals surface area contributed by atoms with Gasteiger partial charge in [0.1, 0.15) is 5.82 Å². The van der Waals surface area contributed by atoms with Gasteiger partial charge in [0.25, 0.3) is 0 Å². The van der Waals surface area contributed by atoms with E-state index in [1.165, 1.54) is 12.1 Å². The Hall–Kier alpha value is -1.51. The van der Waals surface area contributed by atoms with Gasteiger partial charge in [0.2, 0.25) is 5.91 Å². The maximum absolute atomic E-state index is 12.9. The lowest BCUT2D eigenvalue weighted by atomic mass is 10.3. The van der Waals surface area contributed by atoms with Crippen molar-refractivity contribution in [1.82, 2.24) is 5.32 Å². The summed E-state index contributed by atoms with van der Waals surface area (Å²) in [6, 6.07) is 5.80. The first kappa shape index (κ1) is 14.6. The minimum atomic E-state index is -0.369. The SMILES string of the molecule is C#CCSCCNCC(=O)Nc1cccc(F)c1. The van der Waals surface area contributed by atoms with Crippen LogP contribution in [0.3, 0.4) is 0 Å². The van der Waals surface area contributed by atoms with E-state index in [0.717, 1.165) is 5.75 Å². The van der Waals surface area contributed by atoms with Gasteiger partial charge in [-0.05, 0) is 18.2 Å². The van der Waals surface area contributed by atoms with Gasteiger partial charge >= 0.3 is 0 Å². The fraction of sp³-hybridized carbons (Fsp3) is 0.308. The summed E-state index contributed by atoms with van der Waals surface area (Å²) >= 11 is 1.63. The lowest BCUT2D eigenvalue weighted by Crippen LogP contribution is -2.29. The van der Waals surface area contributed by atoms with Gasteiger partial charge in [-0.25, -0.2) is 4.39 Å². The number of hydrogen-bond acceptors (Lipinski definition) is 3. The van der Waals surface area contributed by atoms with Gasteiger partial charge < -0.3 is 10.6 Å². The molecule has 0 atom stereocenters. The molecule has 0 saturated heterocycles. The van der Waals surface area contributed by atoms with E-state index < -0.39 is 0 Å². The van der Waals surface area contributed by atoms with Crippen molar-refractivity contribution in [3.05, 3.63) is 30.1 Å². The highest BCUT2D eigenvalue weighted by Crippen LogP contribution is 2.08. The van der Waals surface area contributed by atoms with Crippen LogP contribution in [0.15, 0.2) is 24.3 Å². The third-order valence-corrected chi connectivity index (χ3v) is 2.87. The third-order valence-electron chi connectivity index (χ3n) is 2.00. The van der Waals surface area contributed by atoms with Crippen LogP contribution in [-0.2, 0) is 4.79 Å². The normalized spacial score (nSPS) is 9.78. The Labute approximate surface area is 111 Å². The van der Waals surface area contributed by atoms with Crippen LogP contribution in [0.25, 0.3) is 0 Å². The lowest BCUT2D eigenvalue weighted by Gasteiger charge is -2.06. The molecule has 0 aliphatic carbocycles. The summed E-state index contributed by atoms with van der Waals surface area (Å²) in [5.41, 5.74) is 0.462. The van der Waals surface area contributed by atoms with Gasteiger partial charge in [-0.2, -0.15) is 0 Å². The van der Waals surface area contributed by atoms with Crippen LogP contribution in [0.4, 0.5) is 10.1 Å². The molecule has 3 nitrogen and oxygen atoms in total. The van der Waals surface area contributed by atoms with Crippen LogP contribution in [0.2, 0.25) is 0 Å². The number of thioether (sulfide) groups is 1. The van der Waals surface area contributed by atoms with Crippen LogP contribution in [-0.4, -0.2) is 30.5 Å². The zero-order valence-electron chi connectivity index (χ0n) is 9.91. The van der Waals surface area contributed by atoms with Gasteiger partial charge in [0, 0.05) is 18.0 Å². The number of halogens is 1. The van der Waals surface area contributed by atoms with E-state index in [4.69, 9.17) is 6.42 Å². The number of benzene rings is 1. The Balaban J connectivity index is 2.16. The molecule has 1 amide bonds. The van der Waals surface area contributed by atoms with Gasteiger partial charge in [-0.1, -0.05) is 12.0 Å². The summed E-state index contributed by atoms with van der Waals surface area (Å²) in [7, 11) is 0. The summed E-state index contributed by atoms with van der Waals surface area (Å²) < 4.78 is 12.9. The standard InChI is InChI=1S/C13H15FN2OS/c1-2-7-18-8-6-15-10-13(17)16-12-5-3-4-11(14)9-12/h1,3-5,9,15H,6-8,10H2,(H,16,17). The molecule has 0 aliphatic rings. The van der Waals surface area contributed by atoms with Crippen molar-refractivity contribution >= 4 is 23.4 Å². The van der Waals surface area contributed by atoms with Crippen molar-refractivity contribution in [1.29, 1.82) is 0 Å². The predicted octanol–water partition coefficient (Wildman–Crippen LogP) is 1.72. The molecule has 0 radical (unpaired) electrons. The van der Waals surface area contributed by atoms with E-state index in [0.29, 0.717) is 18.0 Å². The molecule has 96 valence electrons. The first-order valence-electron chi connectivity index (χ1n) is 5.49. The Morgan fingerprint density at radius 3 is 3.06 bits per heavy atom. The second kappa shape index (κ2) is 8.56. The van der Waals surface area contributed by atoms with E-state index >= 15 is 0 Å². The van der Waals surface area contributed by atoms with E-state index in [1.807, 2.05) is 0 Å². The first-order valence-corrected chi connectivity index (χ1v) is 6.65. The molecule has 0 bridgehead atoms. The number of rotatable bonds is 7. The number of nitrogens with one attached hydrogen (secondary N) is 2. The average molecular weight is 266 g/mol. The van der Waals surface area contributed by atoms with E-state index in [-0.39, 0.29) is 18.3 Å². The Kier molecular flexibility index (Phi) is 6.92. The fourth-order valence-corrected chi connectivity index (χ4v) is 1.80. The maximum atomic E-state index is 12.9.